The first-order valence-electron chi connectivity index (χ1n) is 10.4. The van der Waals surface area contributed by atoms with Crippen molar-refractivity contribution < 1.29 is 42.5 Å². The summed E-state index contributed by atoms with van der Waals surface area (Å²) in [6.45, 7) is 0.842. The van der Waals surface area contributed by atoms with E-state index in [2.05, 4.69) is 0 Å². The van der Waals surface area contributed by atoms with E-state index >= 15 is 0 Å². The summed E-state index contributed by atoms with van der Waals surface area (Å²) in [7, 11) is 0. The molecule has 2 aromatic carbocycles. The summed E-state index contributed by atoms with van der Waals surface area (Å²) in [5, 5.41) is 21.8. The maximum atomic E-state index is 13.4. The van der Waals surface area contributed by atoms with Crippen LogP contribution in [0.25, 0.3) is 11.1 Å². The molecule has 2 aromatic rings. The second-order valence-electron chi connectivity index (χ2n) is 7.89. The van der Waals surface area contributed by atoms with Crippen molar-refractivity contribution in [2.75, 3.05) is 6.61 Å². The van der Waals surface area contributed by atoms with Crippen molar-refractivity contribution in [3.05, 3.63) is 59.7 Å². The largest absolute Gasteiger partial charge is 0.480 e. The Morgan fingerprint density at radius 1 is 1.00 bits per heavy atom. The molecule has 0 radical (unpaired) electrons. The normalized spacial score (nSPS) is 15.4. The molecule has 0 bridgehead atoms. The zero-order valence-corrected chi connectivity index (χ0v) is 18.0. The molecule has 34 heavy (non-hydrogen) atoms. The van der Waals surface area contributed by atoms with Gasteiger partial charge in [0.2, 0.25) is 5.91 Å². The lowest BCUT2D eigenvalue weighted by atomic mass is 9.98. The summed E-state index contributed by atoms with van der Waals surface area (Å²) in [6.07, 6.45) is -9.21. The maximum absolute atomic E-state index is 13.4. The van der Waals surface area contributed by atoms with Crippen molar-refractivity contribution >= 4 is 18.0 Å². The number of nitrogens with one attached hydrogen (secondary N) is 2. The van der Waals surface area contributed by atoms with Crippen LogP contribution in [-0.4, -0.2) is 59.2 Å². The van der Waals surface area contributed by atoms with Crippen LogP contribution in [0.5, 0.6) is 0 Å². The van der Waals surface area contributed by atoms with E-state index in [0.29, 0.717) is 0 Å². The number of carbonyl (C=O) groups excluding carboxylic acids is 2. The molecule has 0 fully saturated rings. The Balaban J connectivity index is 1.65. The molecule has 8 nitrogen and oxygen atoms in total. The fourth-order valence-corrected chi connectivity index (χ4v) is 3.84. The molecule has 0 heterocycles. The number of hydrogen-bond donors (Lipinski definition) is 4. The third-order valence-corrected chi connectivity index (χ3v) is 5.49. The highest BCUT2D eigenvalue weighted by Gasteiger charge is 2.43. The van der Waals surface area contributed by atoms with Crippen LogP contribution in [0.3, 0.4) is 0 Å². The lowest BCUT2D eigenvalue weighted by Crippen LogP contribution is -2.52. The van der Waals surface area contributed by atoms with Crippen molar-refractivity contribution in [2.24, 2.45) is 0 Å². The first-order valence-corrected chi connectivity index (χ1v) is 10.4. The van der Waals surface area contributed by atoms with Gasteiger partial charge in [-0.1, -0.05) is 48.5 Å². The highest BCUT2D eigenvalue weighted by atomic mass is 19.4. The number of fused-ring (bicyclic) bond motifs is 3. The lowest BCUT2D eigenvalue weighted by Gasteiger charge is -2.23. The van der Waals surface area contributed by atoms with Crippen LogP contribution in [0.2, 0.25) is 0 Å². The minimum atomic E-state index is -5.01. The van der Waals surface area contributed by atoms with Crippen LogP contribution >= 0.6 is 0 Å². The number of benzene rings is 2. The first-order chi connectivity index (χ1) is 16.0. The van der Waals surface area contributed by atoms with Gasteiger partial charge in [0.15, 0.2) is 6.04 Å². The molecule has 0 saturated heterocycles. The number of rotatable bonds is 8. The van der Waals surface area contributed by atoms with Crippen molar-refractivity contribution in [2.45, 2.75) is 43.6 Å². The van der Waals surface area contributed by atoms with Crippen LogP contribution in [0.4, 0.5) is 18.0 Å². The zero-order chi connectivity index (χ0) is 25.0. The van der Waals surface area contributed by atoms with E-state index in [4.69, 9.17) is 9.84 Å². The predicted octanol–water partition coefficient (Wildman–Crippen LogP) is 2.80. The molecule has 182 valence electrons. The van der Waals surface area contributed by atoms with Gasteiger partial charge >= 0.3 is 18.2 Å². The van der Waals surface area contributed by atoms with Gasteiger partial charge in [-0.3, -0.25) is 4.79 Å². The molecule has 2 amide bonds. The molecule has 0 aromatic heterocycles. The molecular weight excluding hydrogens is 457 g/mol. The fourth-order valence-electron chi connectivity index (χ4n) is 3.84. The van der Waals surface area contributed by atoms with E-state index in [-0.39, 0.29) is 12.5 Å². The molecular formula is C23H23F3N2O6. The Labute approximate surface area is 192 Å². The summed E-state index contributed by atoms with van der Waals surface area (Å²) in [5.41, 5.74) is 3.65. The van der Waals surface area contributed by atoms with Crippen molar-refractivity contribution in [1.29, 1.82) is 0 Å². The number of aliphatic carboxylic acids is 1. The minimum Gasteiger partial charge on any atom is -0.480 e. The molecule has 0 aliphatic heterocycles. The van der Waals surface area contributed by atoms with Gasteiger partial charge < -0.3 is 25.6 Å². The Hall–Kier alpha value is -3.60. The number of aliphatic hydroxyl groups excluding tert-OH is 1. The van der Waals surface area contributed by atoms with E-state index in [0.717, 1.165) is 29.2 Å². The van der Waals surface area contributed by atoms with E-state index in [1.54, 1.807) is 5.32 Å². The Morgan fingerprint density at radius 2 is 1.53 bits per heavy atom. The summed E-state index contributed by atoms with van der Waals surface area (Å²) >= 11 is 0. The van der Waals surface area contributed by atoms with Crippen molar-refractivity contribution in [1.82, 2.24) is 10.6 Å². The topological polar surface area (TPSA) is 125 Å². The second kappa shape index (κ2) is 10.1. The number of hydrogen-bond acceptors (Lipinski definition) is 5. The second-order valence-corrected chi connectivity index (χ2v) is 7.89. The molecule has 3 rings (SSSR count). The van der Waals surface area contributed by atoms with Gasteiger partial charge in [0.05, 0.1) is 12.5 Å². The van der Waals surface area contributed by atoms with Gasteiger partial charge in [-0.15, -0.1) is 0 Å². The number of carbonyl (C=O) groups is 3. The van der Waals surface area contributed by atoms with Gasteiger partial charge in [0, 0.05) is 5.92 Å². The Morgan fingerprint density at radius 3 is 2.00 bits per heavy atom. The maximum Gasteiger partial charge on any atom is 0.409 e. The van der Waals surface area contributed by atoms with Gasteiger partial charge in [-0.25, -0.2) is 9.59 Å². The highest BCUT2D eigenvalue weighted by molar-refractivity contribution is 5.84. The highest BCUT2D eigenvalue weighted by Crippen LogP contribution is 2.44. The van der Waals surface area contributed by atoms with Crippen molar-refractivity contribution in [3.8, 4) is 11.1 Å². The molecule has 3 atom stereocenters. The van der Waals surface area contributed by atoms with E-state index in [9.17, 15) is 32.7 Å². The summed E-state index contributed by atoms with van der Waals surface area (Å²) < 4.78 is 45.3. The van der Waals surface area contributed by atoms with Crippen LogP contribution in [-0.2, 0) is 14.3 Å². The quantitative estimate of drug-likeness (QED) is 0.461. The number of aliphatic hydroxyl groups is 1. The van der Waals surface area contributed by atoms with Crippen LogP contribution in [0.15, 0.2) is 48.5 Å². The summed E-state index contributed by atoms with van der Waals surface area (Å²) in [4.78, 5) is 35.2. The molecule has 4 N–H and O–H groups in total. The number of alkyl halides is 3. The molecule has 11 heteroatoms. The minimum absolute atomic E-state index is 0.222. The van der Waals surface area contributed by atoms with Crippen LogP contribution < -0.4 is 10.6 Å². The number of halogens is 3. The monoisotopic (exact) mass is 480 g/mol. The van der Waals surface area contributed by atoms with E-state index in [1.165, 1.54) is 0 Å². The summed E-state index contributed by atoms with van der Waals surface area (Å²) in [6, 6.07) is 10.4. The average molecular weight is 480 g/mol. The van der Waals surface area contributed by atoms with Gasteiger partial charge in [-0.2, -0.15) is 13.2 Å². The van der Waals surface area contributed by atoms with Crippen LogP contribution in [0.1, 0.15) is 30.4 Å². The predicted molar refractivity (Wildman–Crippen MR) is 114 cm³/mol. The lowest BCUT2D eigenvalue weighted by molar-refractivity contribution is -0.161. The Kier molecular flexibility index (Phi) is 7.45. The van der Waals surface area contributed by atoms with Crippen molar-refractivity contribution in [3.63, 3.8) is 0 Å². The standard InChI is InChI=1S/C23H23F3N2O6/c1-12(29)20(21(31)32)28-19(30)10-18(23(24,25)26)27-22(33)34-11-17-15-8-4-2-6-13(15)14-7-3-5-9-16(14)17/h2-9,12,17-18,20,29H,10-11H2,1H3,(H,27,33)(H,28,30)(H,31,32)/t12-,18?,20+/m1/s1. The van der Waals surface area contributed by atoms with Crippen LogP contribution in [0, 0.1) is 0 Å². The third-order valence-electron chi connectivity index (χ3n) is 5.49. The van der Waals surface area contributed by atoms with E-state index < -0.39 is 48.8 Å². The number of carboxylic acids is 1. The van der Waals surface area contributed by atoms with Gasteiger partial charge in [0.1, 0.15) is 12.6 Å². The molecule has 1 unspecified atom stereocenters. The number of carboxylic acid groups (broad SMARTS) is 1. The molecule has 0 saturated carbocycles. The average Bonchev–Trinajstić information content (AvgIpc) is 3.08. The molecule has 1 aliphatic carbocycles. The van der Waals surface area contributed by atoms with Gasteiger partial charge in [0.25, 0.3) is 0 Å². The van der Waals surface area contributed by atoms with Gasteiger partial charge in [-0.05, 0) is 29.2 Å². The smallest absolute Gasteiger partial charge is 0.409 e. The summed E-state index contributed by atoms with van der Waals surface area (Å²) in [5.74, 6) is -3.29. The van der Waals surface area contributed by atoms with E-state index in [1.807, 2.05) is 53.8 Å². The SMILES string of the molecule is C[C@@H](O)[C@H](NC(=O)CC(NC(=O)OCC1c2ccccc2-c2ccccc21)C(F)(F)F)C(=O)O. The molecule has 1 aliphatic rings. The number of amides is 2. The third kappa shape index (κ3) is 5.66. The fraction of sp³-hybridized carbons (Fsp3) is 0.348. The number of ether oxygens (including phenoxy) is 1. The first kappa shape index (κ1) is 25.0. The Bertz CT molecular complexity index is 1030. The number of alkyl carbamates (subject to hydrolysis) is 1. The zero-order valence-electron chi connectivity index (χ0n) is 18.0. The molecule has 0 spiro atoms.